The zero-order valence-electron chi connectivity index (χ0n) is 18.0. The Kier molecular flexibility index (Phi) is 6.72. The summed E-state index contributed by atoms with van der Waals surface area (Å²) in [6.07, 6.45) is 0. The highest BCUT2D eigenvalue weighted by atomic mass is 32.1. The summed E-state index contributed by atoms with van der Waals surface area (Å²) in [5, 5.41) is 9.42. The van der Waals surface area contributed by atoms with Crippen LogP contribution in [0.3, 0.4) is 0 Å². The molecule has 0 bridgehead atoms. The van der Waals surface area contributed by atoms with Crippen molar-refractivity contribution in [3.05, 3.63) is 69.7 Å². The Morgan fingerprint density at radius 1 is 1.13 bits per heavy atom. The van der Waals surface area contributed by atoms with E-state index in [1.54, 1.807) is 18.0 Å². The van der Waals surface area contributed by atoms with Crippen LogP contribution in [0.25, 0.3) is 5.69 Å². The summed E-state index contributed by atoms with van der Waals surface area (Å²) in [5.74, 6) is -0.353. The highest BCUT2D eigenvalue weighted by Gasteiger charge is 2.28. The predicted molar refractivity (Wildman–Crippen MR) is 120 cm³/mol. The minimum atomic E-state index is -0.589. The first kappa shape index (κ1) is 21.8. The van der Waals surface area contributed by atoms with E-state index >= 15 is 0 Å². The standard InChI is InChI=1S/C23H28N4O2S/c1-15(2)21(24-22(28)20-12-9-13-30-20)23(29)26(5)14-19-16(3)25-27(17(19)4)18-10-7-6-8-11-18/h6-13,15,21H,14H2,1-5H3,(H,24,28). The molecule has 6 nitrogen and oxygen atoms in total. The van der Waals surface area contributed by atoms with E-state index in [4.69, 9.17) is 0 Å². The van der Waals surface area contributed by atoms with Gasteiger partial charge < -0.3 is 10.2 Å². The average Bonchev–Trinajstić information content (AvgIpc) is 3.36. The Hall–Kier alpha value is -2.93. The highest BCUT2D eigenvalue weighted by molar-refractivity contribution is 7.12. The third kappa shape index (κ3) is 4.62. The number of aromatic nitrogens is 2. The van der Waals surface area contributed by atoms with Gasteiger partial charge in [0, 0.05) is 24.8 Å². The number of aryl methyl sites for hydroxylation is 1. The summed E-state index contributed by atoms with van der Waals surface area (Å²) in [5.41, 5.74) is 3.89. The number of thiophene rings is 1. The maximum absolute atomic E-state index is 13.2. The number of nitrogens with one attached hydrogen (secondary N) is 1. The summed E-state index contributed by atoms with van der Waals surface area (Å²) in [6, 6.07) is 12.9. The van der Waals surface area contributed by atoms with E-state index in [-0.39, 0.29) is 17.7 Å². The smallest absolute Gasteiger partial charge is 0.262 e. The minimum absolute atomic E-state index is 0.0295. The van der Waals surface area contributed by atoms with Crippen molar-refractivity contribution < 1.29 is 9.59 Å². The van der Waals surface area contributed by atoms with Gasteiger partial charge in [-0.25, -0.2) is 4.68 Å². The quantitative estimate of drug-likeness (QED) is 0.624. The predicted octanol–water partition coefficient (Wildman–Crippen LogP) is 3.96. The Bertz CT molecular complexity index is 1010. The largest absolute Gasteiger partial charge is 0.339 e. The highest BCUT2D eigenvalue weighted by Crippen LogP contribution is 2.20. The number of carbonyl (C=O) groups excluding carboxylic acids is 2. The van der Waals surface area contributed by atoms with Crippen LogP contribution in [0.4, 0.5) is 0 Å². The van der Waals surface area contributed by atoms with Gasteiger partial charge in [-0.05, 0) is 43.3 Å². The van der Waals surface area contributed by atoms with Crippen LogP contribution in [-0.4, -0.2) is 39.6 Å². The Balaban J connectivity index is 1.77. The lowest BCUT2D eigenvalue weighted by atomic mass is 10.0. The van der Waals surface area contributed by atoms with Crippen molar-refractivity contribution in [2.75, 3.05) is 7.05 Å². The van der Waals surface area contributed by atoms with Gasteiger partial charge in [-0.2, -0.15) is 5.10 Å². The van der Waals surface area contributed by atoms with E-state index < -0.39 is 6.04 Å². The molecule has 0 saturated heterocycles. The molecule has 158 valence electrons. The number of nitrogens with zero attached hydrogens (tertiary/aromatic N) is 3. The normalized spacial score (nSPS) is 12.1. The molecule has 0 saturated carbocycles. The lowest BCUT2D eigenvalue weighted by molar-refractivity contribution is -0.133. The van der Waals surface area contributed by atoms with E-state index in [1.165, 1.54) is 11.3 Å². The lowest BCUT2D eigenvalue weighted by Gasteiger charge is -2.27. The topological polar surface area (TPSA) is 67.2 Å². The number of amides is 2. The van der Waals surface area contributed by atoms with E-state index in [9.17, 15) is 9.59 Å². The number of benzene rings is 1. The summed E-state index contributed by atoms with van der Waals surface area (Å²) in [4.78, 5) is 27.9. The summed E-state index contributed by atoms with van der Waals surface area (Å²) in [6.45, 7) is 8.28. The maximum Gasteiger partial charge on any atom is 0.262 e. The van der Waals surface area contributed by atoms with Crippen molar-refractivity contribution in [2.24, 2.45) is 5.92 Å². The molecule has 3 aromatic rings. The van der Waals surface area contributed by atoms with Crippen molar-refractivity contribution in [1.29, 1.82) is 0 Å². The van der Waals surface area contributed by atoms with Crippen LogP contribution in [0, 0.1) is 19.8 Å². The fourth-order valence-electron chi connectivity index (χ4n) is 3.41. The number of hydrogen-bond acceptors (Lipinski definition) is 4. The van der Waals surface area contributed by atoms with Gasteiger partial charge in [-0.15, -0.1) is 11.3 Å². The average molecular weight is 425 g/mol. The fraction of sp³-hybridized carbons (Fsp3) is 0.348. The van der Waals surface area contributed by atoms with Crippen molar-refractivity contribution in [2.45, 2.75) is 40.3 Å². The fourth-order valence-corrected chi connectivity index (χ4v) is 4.04. The molecular formula is C23H28N4O2S. The molecule has 0 aliphatic rings. The molecule has 3 rings (SSSR count). The first-order valence-corrected chi connectivity index (χ1v) is 10.9. The van der Waals surface area contributed by atoms with Crippen molar-refractivity contribution in [1.82, 2.24) is 20.0 Å². The van der Waals surface area contributed by atoms with E-state index in [1.807, 2.05) is 74.2 Å². The molecule has 30 heavy (non-hydrogen) atoms. The lowest BCUT2D eigenvalue weighted by Crippen LogP contribution is -2.49. The van der Waals surface area contributed by atoms with E-state index in [0.717, 1.165) is 22.6 Å². The molecule has 0 radical (unpaired) electrons. The second kappa shape index (κ2) is 9.26. The first-order chi connectivity index (χ1) is 14.3. The second-order valence-electron chi connectivity index (χ2n) is 7.76. The van der Waals surface area contributed by atoms with Gasteiger partial charge in [-0.3, -0.25) is 9.59 Å². The molecule has 2 aromatic heterocycles. The number of rotatable bonds is 7. The third-order valence-corrected chi connectivity index (χ3v) is 6.05. The molecule has 7 heteroatoms. The Morgan fingerprint density at radius 2 is 1.83 bits per heavy atom. The summed E-state index contributed by atoms with van der Waals surface area (Å²) < 4.78 is 1.90. The van der Waals surface area contributed by atoms with Crippen LogP contribution in [0.5, 0.6) is 0 Å². The van der Waals surface area contributed by atoms with Gasteiger partial charge in [0.25, 0.3) is 5.91 Å². The zero-order chi connectivity index (χ0) is 21.8. The van der Waals surface area contributed by atoms with Gasteiger partial charge in [0.15, 0.2) is 0 Å². The van der Waals surface area contributed by atoms with Gasteiger partial charge >= 0.3 is 0 Å². The van der Waals surface area contributed by atoms with Gasteiger partial charge in [0.1, 0.15) is 6.04 Å². The van der Waals surface area contributed by atoms with Crippen LogP contribution < -0.4 is 5.32 Å². The van der Waals surface area contributed by atoms with Crippen LogP contribution in [0.1, 0.15) is 40.5 Å². The van der Waals surface area contributed by atoms with Gasteiger partial charge in [0.05, 0.1) is 16.3 Å². The molecule has 1 aromatic carbocycles. The molecule has 2 amide bonds. The Morgan fingerprint density at radius 3 is 2.43 bits per heavy atom. The zero-order valence-corrected chi connectivity index (χ0v) is 18.9. The van der Waals surface area contributed by atoms with Crippen molar-refractivity contribution in [3.63, 3.8) is 0 Å². The van der Waals surface area contributed by atoms with Crippen LogP contribution in [0.15, 0.2) is 47.8 Å². The SMILES string of the molecule is Cc1nn(-c2ccccc2)c(C)c1CN(C)C(=O)C(NC(=O)c1cccs1)C(C)C. The van der Waals surface area contributed by atoms with Gasteiger partial charge in [0.2, 0.25) is 5.91 Å². The molecule has 2 heterocycles. The van der Waals surface area contributed by atoms with Crippen molar-refractivity contribution >= 4 is 23.2 Å². The molecule has 0 aliphatic carbocycles. The molecule has 1 N–H and O–H groups in total. The van der Waals surface area contributed by atoms with Crippen molar-refractivity contribution in [3.8, 4) is 5.69 Å². The van der Waals surface area contributed by atoms with E-state index in [0.29, 0.717) is 11.4 Å². The van der Waals surface area contributed by atoms with Crippen LogP contribution in [0.2, 0.25) is 0 Å². The van der Waals surface area contributed by atoms with E-state index in [2.05, 4.69) is 10.4 Å². The molecule has 0 spiro atoms. The Labute approximate surface area is 181 Å². The summed E-state index contributed by atoms with van der Waals surface area (Å²) in [7, 11) is 1.77. The summed E-state index contributed by atoms with van der Waals surface area (Å²) >= 11 is 1.36. The molecule has 1 atom stereocenters. The molecular weight excluding hydrogens is 396 g/mol. The number of carbonyl (C=O) groups is 2. The second-order valence-corrected chi connectivity index (χ2v) is 8.71. The molecule has 0 fully saturated rings. The number of hydrogen-bond donors (Lipinski definition) is 1. The maximum atomic E-state index is 13.2. The number of likely N-dealkylation sites (N-methyl/N-ethyl adjacent to an activating group) is 1. The molecule has 1 unspecified atom stereocenters. The van der Waals surface area contributed by atoms with Gasteiger partial charge in [-0.1, -0.05) is 38.1 Å². The monoisotopic (exact) mass is 424 g/mol. The van der Waals surface area contributed by atoms with Crippen LogP contribution in [-0.2, 0) is 11.3 Å². The number of para-hydroxylation sites is 1. The molecule has 0 aliphatic heterocycles. The minimum Gasteiger partial charge on any atom is -0.339 e. The van der Waals surface area contributed by atoms with Crippen LogP contribution >= 0.6 is 11.3 Å². The first-order valence-electron chi connectivity index (χ1n) is 9.99. The third-order valence-electron chi connectivity index (χ3n) is 5.18.